The number of benzene rings is 2. The molecule has 0 radical (unpaired) electrons. The van der Waals surface area contributed by atoms with Gasteiger partial charge in [0, 0.05) is 37.1 Å². The third-order valence-electron chi connectivity index (χ3n) is 8.42. The van der Waals surface area contributed by atoms with E-state index in [-0.39, 0.29) is 25.3 Å². The zero-order valence-corrected chi connectivity index (χ0v) is 22.4. The van der Waals surface area contributed by atoms with Crippen LogP contribution in [0.4, 0.5) is 25.8 Å². The molecule has 3 N–H and O–H groups in total. The highest BCUT2D eigenvalue weighted by Crippen LogP contribution is 2.54. The summed E-state index contributed by atoms with van der Waals surface area (Å²) >= 11 is 0. The van der Waals surface area contributed by atoms with Gasteiger partial charge >= 0.3 is 0 Å². The van der Waals surface area contributed by atoms with E-state index in [2.05, 4.69) is 14.9 Å². The zero-order valence-electron chi connectivity index (χ0n) is 21.6. The highest BCUT2D eigenvalue weighted by molar-refractivity contribution is 7.92. The number of rotatable bonds is 7. The van der Waals surface area contributed by atoms with Crippen molar-refractivity contribution in [1.82, 2.24) is 4.57 Å². The van der Waals surface area contributed by atoms with Crippen LogP contribution in [0.2, 0.25) is 0 Å². The molecule has 0 atom stereocenters. The summed E-state index contributed by atoms with van der Waals surface area (Å²) in [5.74, 6) is -3.52. The molecule has 3 heterocycles. The van der Waals surface area contributed by atoms with Crippen LogP contribution in [0.5, 0.6) is 0 Å². The predicted octanol–water partition coefficient (Wildman–Crippen LogP) is 4.59. The fraction of sp³-hybridized carbons (Fsp3) is 0.464. The lowest BCUT2D eigenvalue weighted by Crippen LogP contribution is -2.35. The number of carbonyl (C=O) groups excluding carboxylic acids is 1. The molecule has 11 heteroatoms. The smallest absolute Gasteiger partial charge is 0.257 e. The van der Waals surface area contributed by atoms with Crippen molar-refractivity contribution in [2.45, 2.75) is 51.0 Å². The first-order chi connectivity index (χ1) is 18.6. The minimum Gasteiger partial charge on any atom is -0.395 e. The van der Waals surface area contributed by atoms with Crippen LogP contribution in [0.25, 0.3) is 10.9 Å². The summed E-state index contributed by atoms with van der Waals surface area (Å²) in [5.41, 5.74) is 3.67. The Morgan fingerprint density at radius 1 is 1.00 bits per heavy atom. The van der Waals surface area contributed by atoms with Crippen LogP contribution < -0.4 is 14.9 Å². The first-order valence-corrected chi connectivity index (χ1v) is 15.0. The van der Waals surface area contributed by atoms with Gasteiger partial charge in [-0.05, 0) is 67.5 Å². The molecule has 3 aromatic rings. The van der Waals surface area contributed by atoms with E-state index in [1.807, 2.05) is 10.6 Å². The molecule has 1 aromatic heterocycles. The van der Waals surface area contributed by atoms with Crippen molar-refractivity contribution < 1.29 is 27.1 Å². The number of hydrogen-bond donors (Lipinski definition) is 3. The maximum absolute atomic E-state index is 14.1. The Balaban J connectivity index is 1.32. The van der Waals surface area contributed by atoms with Crippen LogP contribution in [0.3, 0.4) is 0 Å². The molecule has 2 aromatic carbocycles. The van der Waals surface area contributed by atoms with E-state index in [9.17, 15) is 22.0 Å². The van der Waals surface area contributed by atoms with Crippen LogP contribution in [0, 0.1) is 5.41 Å². The average Bonchev–Trinajstić information content (AvgIpc) is 3.53. The second-order valence-corrected chi connectivity index (χ2v) is 13.0. The molecule has 2 aliphatic heterocycles. The Hall–Kier alpha value is -3.18. The van der Waals surface area contributed by atoms with Gasteiger partial charge in [0.25, 0.3) is 11.8 Å². The van der Waals surface area contributed by atoms with E-state index in [0.717, 1.165) is 31.4 Å². The summed E-state index contributed by atoms with van der Waals surface area (Å²) in [7, 11) is -3.73. The van der Waals surface area contributed by atoms with Gasteiger partial charge < -0.3 is 19.9 Å². The van der Waals surface area contributed by atoms with E-state index < -0.39 is 28.3 Å². The lowest BCUT2D eigenvalue weighted by atomic mass is 9.93. The number of aromatic nitrogens is 1. The van der Waals surface area contributed by atoms with Crippen molar-refractivity contribution in [1.29, 1.82) is 0 Å². The molecular weight excluding hydrogens is 526 g/mol. The number of anilines is 3. The van der Waals surface area contributed by atoms with E-state index in [0.29, 0.717) is 39.1 Å². The highest BCUT2D eigenvalue weighted by atomic mass is 32.2. The van der Waals surface area contributed by atoms with Gasteiger partial charge in [0.2, 0.25) is 10.0 Å². The second kappa shape index (κ2) is 9.48. The minimum absolute atomic E-state index is 0.213. The Morgan fingerprint density at radius 2 is 1.77 bits per heavy atom. The Labute approximate surface area is 226 Å². The first-order valence-electron chi connectivity index (χ1n) is 13.4. The second-order valence-electron chi connectivity index (χ2n) is 11.1. The van der Waals surface area contributed by atoms with Crippen molar-refractivity contribution in [2.75, 3.05) is 40.4 Å². The number of aliphatic hydroxyl groups excluding tert-OH is 1. The van der Waals surface area contributed by atoms with Crippen LogP contribution in [-0.2, 0) is 23.0 Å². The van der Waals surface area contributed by atoms with Crippen molar-refractivity contribution in [3.63, 3.8) is 0 Å². The number of alkyl halides is 2. The number of amides is 1. The minimum atomic E-state index is -3.73. The molecule has 1 aliphatic carbocycles. The van der Waals surface area contributed by atoms with Gasteiger partial charge in [-0.2, -0.15) is 0 Å². The van der Waals surface area contributed by atoms with Gasteiger partial charge in [0.15, 0.2) is 0 Å². The number of aryl methyl sites for hydroxylation is 1. The summed E-state index contributed by atoms with van der Waals surface area (Å²) in [6.07, 6.45) is 3.96. The number of fused-ring (bicyclic) bond motifs is 3. The molecule has 6 rings (SSSR count). The molecule has 1 amide bonds. The van der Waals surface area contributed by atoms with Gasteiger partial charge in [-0.25, -0.2) is 17.2 Å². The molecule has 1 saturated heterocycles. The van der Waals surface area contributed by atoms with E-state index in [4.69, 9.17) is 5.11 Å². The van der Waals surface area contributed by atoms with Crippen molar-refractivity contribution in [2.24, 2.45) is 5.41 Å². The Morgan fingerprint density at radius 3 is 2.49 bits per heavy atom. The van der Waals surface area contributed by atoms with E-state index in [1.54, 1.807) is 36.4 Å². The van der Waals surface area contributed by atoms with Gasteiger partial charge in [-0.3, -0.25) is 9.52 Å². The number of nitrogens with zero attached hydrogens (tertiary/aromatic N) is 2. The standard InChI is InChI=1S/C28H32F2N4O4S/c29-28(30)10-13-34-20(18-28)17-22-23(2-1-3-24(22)34)31-26(36)21-5-4-19(32-39(37,38)15-14-35)16-25(21)33-11-8-27(6-7-27)9-12-33/h1-5,16-17,32,35H,6-15,18H2,(H,31,36). The number of halogens is 2. The monoisotopic (exact) mass is 558 g/mol. The largest absolute Gasteiger partial charge is 0.395 e. The molecule has 1 spiro atoms. The van der Waals surface area contributed by atoms with Gasteiger partial charge in [-0.15, -0.1) is 0 Å². The van der Waals surface area contributed by atoms with E-state index >= 15 is 0 Å². The van der Waals surface area contributed by atoms with Gasteiger partial charge in [-0.1, -0.05) is 6.07 Å². The number of piperidine rings is 1. The SMILES string of the molecule is O=C(Nc1cccc2c1cc1n2CCC(F)(F)C1)c1ccc(NS(=O)(=O)CCO)cc1N1CCC2(CC1)CC2. The average molecular weight is 559 g/mol. The van der Waals surface area contributed by atoms with Crippen molar-refractivity contribution in [3.05, 3.63) is 53.7 Å². The lowest BCUT2D eigenvalue weighted by molar-refractivity contribution is -0.0219. The number of carbonyl (C=O) groups is 1. The molecule has 3 aliphatic rings. The number of nitrogens with one attached hydrogen (secondary N) is 2. The van der Waals surface area contributed by atoms with Gasteiger partial charge in [0.05, 0.1) is 46.9 Å². The molecule has 1 saturated carbocycles. The van der Waals surface area contributed by atoms with Crippen molar-refractivity contribution >= 4 is 43.9 Å². The zero-order chi connectivity index (χ0) is 27.4. The molecule has 39 heavy (non-hydrogen) atoms. The summed E-state index contributed by atoms with van der Waals surface area (Å²) in [6, 6.07) is 12.0. The van der Waals surface area contributed by atoms with Crippen LogP contribution >= 0.6 is 0 Å². The number of aliphatic hydroxyl groups is 1. The molecule has 208 valence electrons. The summed E-state index contributed by atoms with van der Waals surface area (Å²) < 4.78 is 57.0. The van der Waals surface area contributed by atoms with Crippen LogP contribution in [0.15, 0.2) is 42.5 Å². The lowest BCUT2D eigenvalue weighted by Gasteiger charge is -2.35. The number of sulfonamides is 1. The summed E-state index contributed by atoms with van der Waals surface area (Å²) in [6.45, 7) is 1.26. The third kappa shape index (κ3) is 5.21. The van der Waals surface area contributed by atoms with Crippen molar-refractivity contribution in [3.8, 4) is 0 Å². The molecule has 8 nitrogen and oxygen atoms in total. The molecule has 0 unspecified atom stereocenters. The fourth-order valence-corrected chi connectivity index (χ4v) is 6.80. The highest BCUT2D eigenvalue weighted by Gasteiger charge is 2.44. The maximum Gasteiger partial charge on any atom is 0.257 e. The van der Waals surface area contributed by atoms with E-state index in [1.165, 1.54) is 12.8 Å². The first kappa shape index (κ1) is 26.1. The molecule has 2 fully saturated rings. The molecular formula is C28H32F2N4O4S. The topological polar surface area (TPSA) is 104 Å². The molecule has 0 bridgehead atoms. The summed E-state index contributed by atoms with van der Waals surface area (Å²) in [5, 5.41) is 12.8. The van der Waals surface area contributed by atoms with Crippen LogP contribution in [-0.4, -0.2) is 55.4 Å². The van der Waals surface area contributed by atoms with Gasteiger partial charge in [0.1, 0.15) is 0 Å². The Kier molecular flexibility index (Phi) is 6.33. The van der Waals surface area contributed by atoms with Crippen LogP contribution in [0.1, 0.15) is 48.2 Å². The predicted molar refractivity (Wildman–Crippen MR) is 147 cm³/mol. The summed E-state index contributed by atoms with van der Waals surface area (Å²) in [4.78, 5) is 15.8. The fourth-order valence-electron chi connectivity index (χ4n) is 5.98. The third-order valence-corrected chi connectivity index (χ3v) is 9.69. The Bertz CT molecular complexity index is 1540. The normalized spacial score (nSPS) is 19.6. The number of hydrogen-bond acceptors (Lipinski definition) is 5. The maximum atomic E-state index is 14.1. The quantitative estimate of drug-likeness (QED) is 0.394.